The second kappa shape index (κ2) is 8.54. The number of carbonyl (C=O) groups is 1. The molecule has 1 amide bonds. The van der Waals surface area contributed by atoms with Crippen LogP contribution in [0.5, 0.6) is 11.5 Å². The number of aryl methyl sites for hydroxylation is 2. The molecule has 3 heterocycles. The Balaban J connectivity index is 1.23. The molecule has 0 saturated carbocycles. The average molecular weight is 430 g/mol. The topological polar surface area (TPSA) is 103 Å². The van der Waals surface area contributed by atoms with Crippen LogP contribution in [0.1, 0.15) is 23.4 Å². The van der Waals surface area contributed by atoms with Crippen LogP contribution in [-0.4, -0.2) is 32.5 Å². The number of anilines is 2. The number of amides is 1. The zero-order chi connectivity index (χ0) is 21.9. The maximum absolute atomic E-state index is 12.4. The molecule has 0 spiro atoms. The van der Waals surface area contributed by atoms with Gasteiger partial charge in [0.15, 0.2) is 23.0 Å². The van der Waals surface area contributed by atoms with Crippen molar-refractivity contribution in [2.75, 3.05) is 17.4 Å². The SMILES string of the molecule is Cc1ccccc1NC(=O)CCc1nnc2ccc(NCc3ccc4c(c3)OCO4)nn12. The Labute approximate surface area is 184 Å². The van der Waals surface area contributed by atoms with Crippen LogP contribution in [0.3, 0.4) is 0 Å². The van der Waals surface area contributed by atoms with Crippen molar-refractivity contribution in [2.24, 2.45) is 0 Å². The van der Waals surface area contributed by atoms with E-state index in [0.717, 1.165) is 28.3 Å². The van der Waals surface area contributed by atoms with Crippen LogP contribution >= 0.6 is 0 Å². The van der Waals surface area contributed by atoms with Crippen molar-refractivity contribution in [1.82, 2.24) is 19.8 Å². The summed E-state index contributed by atoms with van der Waals surface area (Å²) in [4.78, 5) is 12.4. The number of carbonyl (C=O) groups excluding carboxylic acids is 1. The van der Waals surface area contributed by atoms with Gasteiger partial charge in [0.05, 0.1) is 0 Å². The molecule has 0 aliphatic carbocycles. The van der Waals surface area contributed by atoms with E-state index in [-0.39, 0.29) is 19.1 Å². The molecule has 5 rings (SSSR count). The predicted octanol–water partition coefficient (Wildman–Crippen LogP) is 3.34. The van der Waals surface area contributed by atoms with E-state index in [1.54, 1.807) is 4.52 Å². The van der Waals surface area contributed by atoms with Crippen molar-refractivity contribution in [1.29, 1.82) is 0 Å². The maximum Gasteiger partial charge on any atom is 0.231 e. The van der Waals surface area contributed by atoms with Gasteiger partial charge in [0.2, 0.25) is 12.7 Å². The van der Waals surface area contributed by atoms with Gasteiger partial charge in [0.25, 0.3) is 0 Å². The largest absolute Gasteiger partial charge is 0.454 e. The number of aromatic nitrogens is 4. The fraction of sp³-hybridized carbons (Fsp3) is 0.217. The van der Waals surface area contributed by atoms with Crippen molar-refractivity contribution in [2.45, 2.75) is 26.3 Å². The molecule has 1 aliphatic heterocycles. The van der Waals surface area contributed by atoms with Gasteiger partial charge >= 0.3 is 0 Å². The molecule has 2 aromatic heterocycles. The number of ether oxygens (including phenoxy) is 2. The van der Waals surface area contributed by atoms with E-state index in [1.807, 2.05) is 61.5 Å². The number of nitrogens with zero attached hydrogens (tertiary/aromatic N) is 4. The van der Waals surface area contributed by atoms with Gasteiger partial charge in [-0.15, -0.1) is 15.3 Å². The summed E-state index contributed by atoms with van der Waals surface area (Å²) in [6, 6.07) is 17.2. The number of fused-ring (bicyclic) bond motifs is 2. The van der Waals surface area contributed by atoms with Crippen molar-refractivity contribution >= 4 is 23.1 Å². The Morgan fingerprint density at radius 3 is 2.84 bits per heavy atom. The van der Waals surface area contributed by atoms with Gasteiger partial charge in [-0.2, -0.15) is 4.52 Å². The molecule has 9 nitrogen and oxygen atoms in total. The lowest BCUT2D eigenvalue weighted by molar-refractivity contribution is -0.116. The molecule has 0 radical (unpaired) electrons. The molecule has 9 heteroatoms. The van der Waals surface area contributed by atoms with Crippen molar-refractivity contribution < 1.29 is 14.3 Å². The molecule has 2 N–H and O–H groups in total. The summed E-state index contributed by atoms with van der Waals surface area (Å²) in [7, 11) is 0. The fourth-order valence-electron chi connectivity index (χ4n) is 3.48. The number of benzene rings is 2. The van der Waals surface area contributed by atoms with Crippen LogP contribution in [0.15, 0.2) is 54.6 Å². The van der Waals surface area contributed by atoms with Gasteiger partial charge in [0, 0.05) is 25.1 Å². The minimum Gasteiger partial charge on any atom is -0.454 e. The average Bonchev–Trinajstić information content (AvgIpc) is 3.44. The van der Waals surface area contributed by atoms with E-state index >= 15 is 0 Å². The minimum absolute atomic E-state index is 0.0758. The van der Waals surface area contributed by atoms with Gasteiger partial charge in [-0.05, 0) is 48.4 Å². The van der Waals surface area contributed by atoms with Crippen LogP contribution in [0.2, 0.25) is 0 Å². The molecular formula is C23H22N6O3. The molecule has 0 saturated heterocycles. The Morgan fingerprint density at radius 2 is 1.94 bits per heavy atom. The molecule has 1 aliphatic rings. The normalized spacial score (nSPS) is 12.2. The number of para-hydroxylation sites is 1. The number of hydrogen-bond donors (Lipinski definition) is 2. The van der Waals surface area contributed by atoms with Gasteiger partial charge in [-0.25, -0.2) is 0 Å². The smallest absolute Gasteiger partial charge is 0.231 e. The molecular weight excluding hydrogens is 408 g/mol. The van der Waals surface area contributed by atoms with E-state index in [0.29, 0.717) is 30.3 Å². The number of rotatable bonds is 7. The molecule has 0 bridgehead atoms. The summed E-state index contributed by atoms with van der Waals surface area (Å²) in [6.07, 6.45) is 0.711. The first kappa shape index (κ1) is 19.8. The molecule has 32 heavy (non-hydrogen) atoms. The monoisotopic (exact) mass is 430 g/mol. The van der Waals surface area contributed by atoms with E-state index in [9.17, 15) is 4.79 Å². The Bertz CT molecular complexity index is 1290. The van der Waals surface area contributed by atoms with Gasteiger partial charge < -0.3 is 20.1 Å². The summed E-state index contributed by atoms with van der Waals surface area (Å²) < 4.78 is 12.4. The number of hydrogen-bond acceptors (Lipinski definition) is 7. The molecule has 0 fully saturated rings. The summed E-state index contributed by atoms with van der Waals surface area (Å²) in [5.74, 6) is 2.74. The molecule has 2 aromatic carbocycles. The molecule has 162 valence electrons. The fourth-order valence-corrected chi connectivity index (χ4v) is 3.48. The zero-order valence-electron chi connectivity index (χ0n) is 17.5. The third kappa shape index (κ3) is 4.18. The second-order valence-electron chi connectivity index (χ2n) is 7.51. The lowest BCUT2D eigenvalue weighted by Gasteiger charge is -2.08. The van der Waals surface area contributed by atoms with Crippen LogP contribution in [0, 0.1) is 6.92 Å². The van der Waals surface area contributed by atoms with Gasteiger partial charge in [-0.1, -0.05) is 24.3 Å². The third-order valence-electron chi connectivity index (χ3n) is 5.23. The van der Waals surface area contributed by atoms with Crippen LogP contribution in [-0.2, 0) is 17.8 Å². The molecule has 0 unspecified atom stereocenters. The first-order valence-corrected chi connectivity index (χ1v) is 10.3. The molecule has 0 atom stereocenters. The van der Waals surface area contributed by atoms with Gasteiger partial charge in [0.1, 0.15) is 5.82 Å². The zero-order valence-corrected chi connectivity index (χ0v) is 17.5. The third-order valence-corrected chi connectivity index (χ3v) is 5.23. The first-order valence-electron chi connectivity index (χ1n) is 10.3. The summed E-state index contributed by atoms with van der Waals surface area (Å²) in [5, 5.41) is 19.2. The van der Waals surface area contributed by atoms with Crippen molar-refractivity contribution in [3.8, 4) is 11.5 Å². The quantitative estimate of drug-likeness (QED) is 0.463. The second-order valence-corrected chi connectivity index (χ2v) is 7.51. The van der Waals surface area contributed by atoms with Crippen molar-refractivity contribution in [3.63, 3.8) is 0 Å². The van der Waals surface area contributed by atoms with Crippen LogP contribution in [0.25, 0.3) is 5.65 Å². The summed E-state index contributed by atoms with van der Waals surface area (Å²) in [5.41, 5.74) is 3.52. The highest BCUT2D eigenvalue weighted by molar-refractivity contribution is 5.91. The maximum atomic E-state index is 12.4. The number of nitrogens with one attached hydrogen (secondary N) is 2. The Hall–Kier alpha value is -4.14. The highest BCUT2D eigenvalue weighted by Crippen LogP contribution is 2.32. The summed E-state index contributed by atoms with van der Waals surface area (Å²) >= 11 is 0. The Morgan fingerprint density at radius 1 is 1.06 bits per heavy atom. The Kier molecular flexibility index (Phi) is 5.29. The lowest BCUT2D eigenvalue weighted by atomic mass is 10.2. The van der Waals surface area contributed by atoms with E-state index in [1.165, 1.54) is 0 Å². The molecule has 4 aromatic rings. The highest BCUT2D eigenvalue weighted by Gasteiger charge is 2.14. The highest BCUT2D eigenvalue weighted by atomic mass is 16.7. The van der Waals surface area contributed by atoms with E-state index in [4.69, 9.17) is 9.47 Å². The first-order chi connectivity index (χ1) is 15.7. The predicted molar refractivity (Wildman–Crippen MR) is 119 cm³/mol. The van der Waals surface area contributed by atoms with E-state index < -0.39 is 0 Å². The van der Waals surface area contributed by atoms with Crippen LogP contribution < -0.4 is 20.1 Å². The minimum atomic E-state index is -0.0758. The summed E-state index contributed by atoms with van der Waals surface area (Å²) in [6.45, 7) is 2.79. The van der Waals surface area contributed by atoms with Crippen molar-refractivity contribution in [3.05, 3.63) is 71.5 Å². The standard InChI is InChI=1S/C23H22N6O3/c1-15-4-2-3-5-17(15)25-23(30)11-10-22-27-26-21-9-8-20(28-29(21)22)24-13-16-6-7-18-19(12-16)32-14-31-18/h2-9,12H,10-11,13-14H2,1H3,(H,24,28)(H,25,30). The van der Waals surface area contributed by atoms with Gasteiger partial charge in [-0.3, -0.25) is 4.79 Å². The lowest BCUT2D eigenvalue weighted by Crippen LogP contribution is -2.14. The van der Waals surface area contributed by atoms with E-state index in [2.05, 4.69) is 25.9 Å². The van der Waals surface area contributed by atoms with Crippen LogP contribution in [0.4, 0.5) is 11.5 Å².